The average Bonchev–Trinajstić information content (AvgIpc) is 2.96. The van der Waals surface area contributed by atoms with Gasteiger partial charge in [0.05, 0.1) is 5.60 Å². The number of anilines is 1. The van der Waals surface area contributed by atoms with Crippen LogP contribution >= 0.6 is 0 Å². The molecule has 5 heteroatoms. The van der Waals surface area contributed by atoms with Gasteiger partial charge in [0.2, 0.25) is 0 Å². The molecule has 0 unspecified atom stereocenters. The van der Waals surface area contributed by atoms with Crippen molar-refractivity contribution in [1.29, 1.82) is 0 Å². The molecule has 96 valence electrons. The van der Waals surface area contributed by atoms with E-state index in [9.17, 15) is 5.11 Å². The Hall–Kier alpha value is -1.62. The van der Waals surface area contributed by atoms with E-state index >= 15 is 0 Å². The minimum absolute atomic E-state index is 0.541. The van der Waals surface area contributed by atoms with Gasteiger partial charge in [-0.15, -0.1) is 5.10 Å². The monoisotopic (exact) mass is 246 g/mol. The summed E-state index contributed by atoms with van der Waals surface area (Å²) in [5, 5.41) is 14.9. The Balaban J connectivity index is 1.80. The van der Waals surface area contributed by atoms with E-state index in [2.05, 4.69) is 10.1 Å². The van der Waals surface area contributed by atoms with Crippen LogP contribution < -0.4 is 4.90 Å². The van der Waals surface area contributed by atoms with Crippen LogP contribution in [0.25, 0.3) is 5.65 Å². The van der Waals surface area contributed by atoms with Gasteiger partial charge in [0.1, 0.15) is 5.82 Å². The van der Waals surface area contributed by atoms with Crippen LogP contribution in [0.5, 0.6) is 0 Å². The third-order valence-electron chi connectivity index (χ3n) is 3.70. The van der Waals surface area contributed by atoms with Gasteiger partial charge in [0.25, 0.3) is 0 Å². The fourth-order valence-electron chi connectivity index (χ4n) is 2.72. The van der Waals surface area contributed by atoms with Gasteiger partial charge in [-0.25, -0.2) is 9.50 Å². The molecule has 2 heterocycles. The lowest BCUT2D eigenvalue weighted by molar-refractivity contribution is 0.0557. The summed E-state index contributed by atoms with van der Waals surface area (Å²) >= 11 is 0. The van der Waals surface area contributed by atoms with Crippen molar-refractivity contribution in [3.63, 3.8) is 0 Å². The molecule has 1 aliphatic rings. The quantitative estimate of drug-likeness (QED) is 0.891. The maximum absolute atomic E-state index is 10.4. The summed E-state index contributed by atoms with van der Waals surface area (Å²) in [4.78, 5) is 6.19. The van der Waals surface area contributed by atoms with E-state index in [4.69, 9.17) is 0 Å². The highest BCUT2D eigenvalue weighted by Gasteiger charge is 2.32. The molecule has 0 atom stereocenters. The second-order valence-electron chi connectivity index (χ2n) is 5.21. The number of rotatable bonds is 3. The highest BCUT2D eigenvalue weighted by atomic mass is 16.3. The van der Waals surface area contributed by atoms with Crippen molar-refractivity contribution in [2.45, 2.75) is 31.3 Å². The molecule has 0 aromatic carbocycles. The first-order valence-electron chi connectivity index (χ1n) is 6.40. The Labute approximate surface area is 106 Å². The van der Waals surface area contributed by atoms with Gasteiger partial charge in [0, 0.05) is 26.0 Å². The smallest absolute Gasteiger partial charge is 0.153 e. The molecule has 0 radical (unpaired) electrons. The Morgan fingerprint density at radius 3 is 2.94 bits per heavy atom. The largest absolute Gasteiger partial charge is 0.388 e. The molecule has 3 rings (SSSR count). The molecule has 1 N–H and O–H groups in total. The molecule has 1 aliphatic carbocycles. The standard InChI is InChI=1S/C13H18N4O/c1-16(10-13(18)6-2-3-7-13)12-5-4-11-14-8-9-17(11)15-12/h4-5,8-9,18H,2-3,6-7,10H2,1H3. The predicted molar refractivity (Wildman–Crippen MR) is 69.7 cm³/mol. The molecular weight excluding hydrogens is 228 g/mol. The highest BCUT2D eigenvalue weighted by Crippen LogP contribution is 2.30. The van der Waals surface area contributed by atoms with Crippen LogP contribution in [0, 0.1) is 0 Å². The van der Waals surface area contributed by atoms with Crippen LogP contribution in [0.3, 0.4) is 0 Å². The van der Waals surface area contributed by atoms with E-state index in [1.54, 1.807) is 10.7 Å². The lowest BCUT2D eigenvalue weighted by Crippen LogP contribution is -2.39. The second kappa shape index (κ2) is 4.24. The maximum atomic E-state index is 10.4. The van der Waals surface area contributed by atoms with Gasteiger partial charge in [0.15, 0.2) is 5.65 Å². The molecule has 0 amide bonds. The lowest BCUT2D eigenvalue weighted by Gasteiger charge is -2.29. The highest BCUT2D eigenvalue weighted by molar-refractivity contribution is 5.45. The number of imidazole rings is 1. The molecular formula is C13H18N4O. The van der Waals surface area contributed by atoms with Crippen LogP contribution in [0.15, 0.2) is 24.5 Å². The Bertz CT molecular complexity index is 545. The minimum atomic E-state index is -0.541. The third-order valence-corrected chi connectivity index (χ3v) is 3.70. The van der Waals surface area contributed by atoms with Crippen molar-refractivity contribution in [3.8, 4) is 0 Å². The summed E-state index contributed by atoms with van der Waals surface area (Å²) < 4.78 is 1.75. The van der Waals surface area contributed by atoms with Gasteiger partial charge >= 0.3 is 0 Å². The van der Waals surface area contributed by atoms with E-state index in [0.29, 0.717) is 6.54 Å². The van der Waals surface area contributed by atoms with Crippen molar-refractivity contribution in [1.82, 2.24) is 14.6 Å². The zero-order valence-electron chi connectivity index (χ0n) is 10.6. The molecule has 0 aliphatic heterocycles. The van der Waals surface area contributed by atoms with E-state index < -0.39 is 5.60 Å². The molecule has 1 saturated carbocycles. The predicted octanol–water partition coefficient (Wildman–Crippen LogP) is 1.47. The van der Waals surface area contributed by atoms with Crippen molar-refractivity contribution >= 4 is 11.5 Å². The average molecular weight is 246 g/mol. The SMILES string of the molecule is CN(CC1(O)CCCC1)c1ccc2nccn2n1. The normalized spacial score (nSPS) is 18.3. The number of aliphatic hydroxyl groups is 1. The first kappa shape index (κ1) is 11.5. The Kier molecular flexibility index (Phi) is 2.70. The molecule has 1 fully saturated rings. The number of aromatic nitrogens is 3. The number of fused-ring (bicyclic) bond motifs is 1. The first-order valence-corrected chi connectivity index (χ1v) is 6.40. The summed E-state index contributed by atoms with van der Waals surface area (Å²) in [7, 11) is 1.97. The van der Waals surface area contributed by atoms with Gasteiger partial charge in [-0.3, -0.25) is 0 Å². The van der Waals surface area contributed by atoms with Gasteiger partial charge in [-0.05, 0) is 25.0 Å². The molecule has 0 spiro atoms. The van der Waals surface area contributed by atoms with E-state index in [0.717, 1.165) is 37.1 Å². The molecule has 18 heavy (non-hydrogen) atoms. The van der Waals surface area contributed by atoms with E-state index in [1.165, 1.54) is 0 Å². The number of likely N-dealkylation sites (N-methyl/N-ethyl adjacent to an activating group) is 1. The van der Waals surface area contributed by atoms with Crippen molar-refractivity contribution in [2.75, 3.05) is 18.5 Å². The summed E-state index contributed by atoms with van der Waals surface area (Å²) in [6, 6.07) is 3.89. The van der Waals surface area contributed by atoms with Crippen LogP contribution in [-0.2, 0) is 0 Å². The van der Waals surface area contributed by atoms with Gasteiger partial charge < -0.3 is 10.0 Å². The number of hydrogen-bond donors (Lipinski definition) is 1. The summed E-state index contributed by atoms with van der Waals surface area (Å²) in [6.07, 6.45) is 7.60. The van der Waals surface area contributed by atoms with Crippen molar-refractivity contribution in [3.05, 3.63) is 24.5 Å². The zero-order chi connectivity index (χ0) is 12.6. The van der Waals surface area contributed by atoms with Crippen molar-refractivity contribution < 1.29 is 5.11 Å². The van der Waals surface area contributed by atoms with E-state index in [-0.39, 0.29) is 0 Å². The molecule has 2 aromatic rings. The van der Waals surface area contributed by atoms with Crippen LogP contribution in [0.2, 0.25) is 0 Å². The third kappa shape index (κ3) is 2.06. The fourth-order valence-corrected chi connectivity index (χ4v) is 2.72. The Morgan fingerprint density at radius 1 is 1.39 bits per heavy atom. The number of hydrogen-bond acceptors (Lipinski definition) is 4. The summed E-state index contributed by atoms with van der Waals surface area (Å²) in [6.45, 7) is 0.639. The Morgan fingerprint density at radius 2 is 2.17 bits per heavy atom. The van der Waals surface area contributed by atoms with Crippen LogP contribution in [-0.4, -0.2) is 38.9 Å². The van der Waals surface area contributed by atoms with Gasteiger partial charge in [-0.1, -0.05) is 12.8 Å². The maximum Gasteiger partial charge on any atom is 0.153 e. The van der Waals surface area contributed by atoms with E-state index in [1.807, 2.05) is 30.3 Å². The topological polar surface area (TPSA) is 53.7 Å². The van der Waals surface area contributed by atoms with Crippen molar-refractivity contribution in [2.24, 2.45) is 0 Å². The molecule has 5 nitrogen and oxygen atoms in total. The molecule has 2 aromatic heterocycles. The number of nitrogens with zero attached hydrogens (tertiary/aromatic N) is 4. The lowest BCUT2D eigenvalue weighted by atomic mass is 10.0. The molecule has 0 saturated heterocycles. The van der Waals surface area contributed by atoms with Crippen LogP contribution in [0.4, 0.5) is 5.82 Å². The zero-order valence-corrected chi connectivity index (χ0v) is 10.6. The fraction of sp³-hybridized carbons (Fsp3) is 0.538. The minimum Gasteiger partial charge on any atom is -0.388 e. The van der Waals surface area contributed by atoms with Crippen LogP contribution in [0.1, 0.15) is 25.7 Å². The second-order valence-corrected chi connectivity index (χ2v) is 5.21. The first-order chi connectivity index (χ1) is 8.66. The summed E-state index contributed by atoms with van der Waals surface area (Å²) in [5.74, 6) is 0.862. The summed E-state index contributed by atoms with van der Waals surface area (Å²) in [5.41, 5.74) is 0.298. The van der Waals surface area contributed by atoms with Gasteiger partial charge in [-0.2, -0.15) is 0 Å². The molecule has 0 bridgehead atoms.